The Balaban J connectivity index is 2.05. The molecule has 2 aromatic rings. The Kier molecular flexibility index (Phi) is 7.42. The van der Waals surface area contributed by atoms with Crippen molar-refractivity contribution < 1.29 is 36.6 Å². The molecule has 0 radical (unpaired) electrons. The summed E-state index contributed by atoms with van der Waals surface area (Å²) in [5, 5.41) is 11.7. The minimum Gasteiger partial charge on any atom is -0.480 e. The number of carbonyl (C=O) groups is 1. The minimum atomic E-state index is -4.77. The number of rotatable bonds is 6. The normalized spacial score (nSPS) is 21.7. The number of hydrogen-bond acceptors (Lipinski definition) is 6. The molecule has 33 heavy (non-hydrogen) atoms. The van der Waals surface area contributed by atoms with Gasteiger partial charge in [0.1, 0.15) is 28.6 Å². The molecule has 1 aromatic carbocycles. The minimum absolute atomic E-state index is 0.173. The lowest BCUT2D eigenvalue weighted by atomic mass is 10.0. The highest BCUT2D eigenvalue weighted by molar-refractivity contribution is 6.21. The van der Waals surface area contributed by atoms with Gasteiger partial charge in [0, 0.05) is 11.6 Å². The number of nitrogens with zero attached hydrogens (tertiary/aromatic N) is 1. The number of benzene rings is 1. The predicted molar refractivity (Wildman–Crippen MR) is 108 cm³/mol. The van der Waals surface area contributed by atoms with Crippen LogP contribution in [0.15, 0.2) is 24.3 Å². The first-order valence-electron chi connectivity index (χ1n) is 9.72. The molecular formula is C20H20ClF5N4O3. The molecule has 13 heteroatoms. The number of nitrogens with one attached hydrogen (secondary N) is 3. The number of carbonyl (C=O) groups excluding carboxylic acids is 1. The fourth-order valence-electron chi connectivity index (χ4n) is 3.10. The van der Waals surface area contributed by atoms with Crippen LogP contribution in [0.1, 0.15) is 29.9 Å². The highest BCUT2D eigenvalue weighted by Gasteiger charge is 2.39. The van der Waals surface area contributed by atoms with Crippen molar-refractivity contribution in [3.63, 3.8) is 0 Å². The van der Waals surface area contributed by atoms with Crippen molar-refractivity contribution in [1.29, 1.82) is 0 Å². The Morgan fingerprint density at radius 2 is 1.97 bits per heavy atom. The number of aliphatic hydroxyl groups is 1. The van der Waals surface area contributed by atoms with Crippen LogP contribution in [-0.4, -0.2) is 45.9 Å². The first-order valence-corrected chi connectivity index (χ1v) is 10.2. The van der Waals surface area contributed by atoms with Crippen molar-refractivity contribution in [2.75, 3.05) is 0 Å². The van der Waals surface area contributed by atoms with Crippen molar-refractivity contribution in [2.24, 2.45) is 0 Å². The number of alkyl halides is 4. The van der Waals surface area contributed by atoms with E-state index < -0.39 is 59.3 Å². The second-order valence-electron chi connectivity index (χ2n) is 7.39. The summed E-state index contributed by atoms with van der Waals surface area (Å²) in [6.45, 7) is 1.65. The average molecular weight is 495 g/mol. The Morgan fingerprint density at radius 3 is 2.55 bits per heavy atom. The molecule has 1 aliphatic heterocycles. The van der Waals surface area contributed by atoms with Gasteiger partial charge >= 0.3 is 6.18 Å². The lowest BCUT2D eigenvalue weighted by molar-refractivity contribution is -0.189. The van der Waals surface area contributed by atoms with Gasteiger partial charge in [0.15, 0.2) is 6.10 Å². The third-order valence-electron chi connectivity index (χ3n) is 5.02. The molecule has 7 nitrogen and oxygen atoms in total. The van der Waals surface area contributed by atoms with Crippen LogP contribution in [0.4, 0.5) is 22.0 Å². The highest BCUT2D eigenvalue weighted by atomic mass is 35.5. The molecule has 1 fully saturated rings. The summed E-state index contributed by atoms with van der Waals surface area (Å²) >= 11 is 6.06. The number of aromatic nitrogens is 1. The lowest BCUT2D eigenvalue weighted by Gasteiger charge is -2.22. The van der Waals surface area contributed by atoms with E-state index in [0.717, 1.165) is 25.1 Å². The van der Waals surface area contributed by atoms with Crippen LogP contribution in [0, 0.1) is 11.6 Å². The number of pyridine rings is 1. The molecule has 4 N–H and O–H groups in total. The maximum Gasteiger partial charge on any atom is 0.425 e. The topological polar surface area (TPSA) is 95.5 Å². The van der Waals surface area contributed by atoms with Crippen molar-refractivity contribution >= 4 is 17.5 Å². The Bertz CT molecular complexity index is 1030. The first kappa shape index (κ1) is 25.1. The Hall–Kier alpha value is -2.54. The molecule has 1 saturated heterocycles. The molecule has 0 aliphatic carbocycles. The number of aliphatic hydroxyl groups excluding tert-OH is 1. The van der Waals surface area contributed by atoms with Crippen molar-refractivity contribution in [1.82, 2.24) is 21.2 Å². The van der Waals surface area contributed by atoms with Gasteiger partial charge in [-0.1, -0.05) is 0 Å². The van der Waals surface area contributed by atoms with Gasteiger partial charge in [0.05, 0.1) is 23.9 Å². The van der Waals surface area contributed by atoms with Crippen molar-refractivity contribution in [3.05, 3.63) is 47.2 Å². The second kappa shape index (κ2) is 9.75. The van der Waals surface area contributed by atoms with E-state index in [0.29, 0.717) is 6.07 Å². The molecule has 1 amide bonds. The van der Waals surface area contributed by atoms with Crippen molar-refractivity contribution in [3.8, 4) is 17.0 Å². The van der Waals surface area contributed by atoms with E-state index in [4.69, 9.17) is 16.3 Å². The van der Waals surface area contributed by atoms with E-state index in [1.54, 1.807) is 6.92 Å². The van der Waals surface area contributed by atoms with Gasteiger partial charge < -0.3 is 15.2 Å². The van der Waals surface area contributed by atoms with Gasteiger partial charge in [-0.25, -0.2) is 19.2 Å². The SMILES string of the molecule is CC1NNC(Cl)C1NC(=O)c1cc(F)c(-c2ccc(F)c(CO)n2)cc1OC(C)C(F)(F)F. The largest absolute Gasteiger partial charge is 0.480 e. The van der Waals surface area contributed by atoms with Gasteiger partial charge in [-0.3, -0.25) is 10.2 Å². The molecule has 1 aliphatic rings. The molecule has 1 aromatic heterocycles. The summed E-state index contributed by atoms with van der Waals surface area (Å²) in [4.78, 5) is 16.6. The smallest absolute Gasteiger partial charge is 0.425 e. The van der Waals surface area contributed by atoms with Gasteiger partial charge in [-0.05, 0) is 38.1 Å². The number of amides is 1. The zero-order chi connectivity index (χ0) is 24.5. The van der Waals surface area contributed by atoms with Gasteiger partial charge in [0.25, 0.3) is 5.91 Å². The summed E-state index contributed by atoms with van der Waals surface area (Å²) in [5.41, 5.74) is 3.34. The maximum atomic E-state index is 14.9. The zero-order valence-electron chi connectivity index (χ0n) is 17.3. The third kappa shape index (κ3) is 5.52. The zero-order valence-corrected chi connectivity index (χ0v) is 18.1. The van der Waals surface area contributed by atoms with Crippen LogP contribution in [-0.2, 0) is 6.61 Å². The summed E-state index contributed by atoms with van der Waals surface area (Å²) in [5.74, 6) is -3.35. The number of hydrazine groups is 1. The van der Waals surface area contributed by atoms with E-state index in [1.165, 1.54) is 0 Å². The molecule has 4 atom stereocenters. The average Bonchev–Trinajstić information content (AvgIpc) is 3.06. The van der Waals surface area contributed by atoms with Gasteiger partial charge in [-0.2, -0.15) is 13.2 Å². The fourth-order valence-corrected chi connectivity index (χ4v) is 3.44. The van der Waals surface area contributed by atoms with E-state index in [1.807, 2.05) is 0 Å². The van der Waals surface area contributed by atoms with Crippen LogP contribution in [0.25, 0.3) is 11.3 Å². The number of hydrogen-bond donors (Lipinski definition) is 4. The molecule has 180 valence electrons. The first-order chi connectivity index (χ1) is 15.4. The van der Waals surface area contributed by atoms with Crippen LogP contribution in [0.2, 0.25) is 0 Å². The van der Waals surface area contributed by atoms with Crippen LogP contribution >= 0.6 is 11.6 Å². The highest BCUT2D eigenvalue weighted by Crippen LogP contribution is 2.33. The van der Waals surface area contributed by atoms with E-state index >= 15 is 0 Å². The Morgan fingerprint density at radius 1 is 1.27 bits per heavy atom. The van der Waals surface area contributed by atoms with E-state index in [9.17, 15) is 31.9 Å². The molecular weight excluding hydrogens is 475 g/mol. The second-order valence-corrected chi connectivity index (χ2v) is 7.86. The quantitative estimate of drug-likeness (QED) is 0.280. The summed E-state index contributed by atoms with van der Waals surface area (Å²) < 4.78 is 73.0. The van der Waals surface area contributed by atoms with E-state index in [-0.39, 0.29) is 23.0 Å². The Labute approximate surface area is 190 Å². The van der Waals surface area contributed by atoms with E-state index in [2.05, 4.69) is 21.2 Å². The molecule has 0 saturated carbocycles. The fraction of sp³-hybridized carbons (Fsp3) is 0.400. The van der Waals surface area contributed by atoms with Crippen LogP contribution in [0.5, 0.6) is 5.75 Å². The molecule has 3 rings (SSSR count). The molecule has 0 spiro atoms. The van der Waals surface area contributed by atoms with Crippen LogP contribution < -0.4 is 20.9 Å². The standard InChI is InChI=1S/C20H20ClF5N4O3/c1-8-17(18(21)30-29-8)28-19(32)11-5-13(23)10(6-16(11)33-9(2)20(24,25)26)14-4-3-12(22)15(7-31)27-14/h3-6,8-9,17-18,29-31H,7H2,1-2H3,(H,28,32). The molecule has 4 unspecified atom stereocenters. The van der Waals surface area contributed by atoms with Gasteiger partial charge in [-0.15, -0.1) is 11.6 Å². The number of ether oxygens (including phenoxy) is 1. The monoisotopic (exact) mass is 494 g/mol. The summed E-state index contributed by atoms with van der Waals surface area (Å²) in [6.07, 6.45) is -7.10. The predicted octanol–water partition coefficient (Wildman–Crippen LogP) is 3.01. The molecule has 2 heterocycles. The lowest BCUT2D eigenvalue weighted by Crippen LogP contribution is -2.45. The van der Waals surface area contributed by atoms with Gasteiger partial charge in [0.2, 0.25) is 0 Å². The number of halogens is 6. The maximum absolute atomic E-state index is 14.9. The van der Waals surface area contributed by atoms with Crippen LogP contribution in [0.3, 0.4) is 0 Å². The van der Waals surface area contributed by atoms with Crippen molar-refractivity contribution in [2.45, 2.75) is 50.3 Å². The summed E-state index contributed by atoms with van der Waals surface area (Å²) in [7, 11) is 0. The molecule has 0 bridgehead atoms. The third-order valence-corrected chi connectivity index (χ3v) is 5.40. The summed E-state index contributed by atoms with van der Waals surface area (Å²) in [6, 6.07) is 2.59.